The number of nitrogens with one attached hydrogen (secondary N) is 1. The van der Waals surface area contributed by atoms with Crippen LogP contribution >= 0.6 is 0 Å². The van der Waals surface area contributed by atoms with Crippen molar-refractivity contribution in [1.82, 2.24) is 9.88 Å². The molecule has 4 rings (SSSR count). The van der Waals surface area contributed by atoms with Crippen LogP contribution in [0.2, 0.25) is 0 Å². The number of benzene rings is 1. The maximum absolute atomic E-state index is 12.6. The van der Waals surface area contributed by atoms with E-state index in [1.165, 1.54) is 11.1 Å². The Kier molecular flexibility index (Phi) is 4.51. The second-order valence-electron chi connectivity index (χ2n) is 7.05. The van der Waals surface area contributed by atoms with Crippen LogP contribution in [0.4, 0.5) is 5.69 Å². The van der Waals surface area contributed by atoms with Crippen LogP contribution < -0.4 is 5.32 Å². The molecule has 5 heteroatoms. The molecular formula is C20H23N3O2. The molecule has 2 aliphatic rings. The van der Waals surface area contributed by atoms with Gasteiger partial charge >= 0.3 is 0 Å². The van der Waals surface area contributed by atoms with E-state index >= 15 is 0 Å². The van der Waals surface area contributed by atoms with Gasteiger partial charge in [-0.1, -0.05) is 29.8 Å². The lowest BCUT2D eigenvalue weighted by Gasteiger charge is -2.32. The fourth-order valence-corrected chi connectivity index (χ4v) is 3.88. The van der Waals surface area contributed by atoms with Gasteiger partial charge in [0, 0.05) is 25.8 Å². The van der Waals surface area contributed by atoms with Crippen molar-refractivity contribution in [2.45, 2.75) is 32.1 Å². The molecule has 5 nitrogen and oxygen atoms in total. The van der Waals surface area contributed by atoms with Crippen molar-refractivity contribution >= 4 is 11.6 Å². The fraction of sp³-hybridized carbons (Fsp3) is 0.400. The van der Waals surface area contributed by atoms with Crippen LogP contribution in [-0.4, -0.2) is 41.1 Å². The van der Waals surface area contributed by atoms with Crippen LogP contribution in [0.25, 0.3) is 0 Å². The van der Waals surface area contributed by atoms with Gasteiger partial charge in [-0.15, -0.1) is 0 Å². The third kappa shape index (κ3) is 3.72. The van der Waals surface area contributed by atoms with Gasteiger partial charge in [0.25, 0.3) is 0 Å². The first kappa shape index (κ1) is 16.2. The first-order chi connectivity index (χ1) is 12.2. The number of nitrogens with zero attached hydrogens (tertiary/aromatic N) is 2. The van der Waals surface area contributed by atoms with Crippen molar-refractivity contribution in [3.63, 3.8) is 0 Å². The van der Waals surface area contributed by atoms with Crippen LogP contribution in [0.15, 0.2) is 48.8 Å². The number of fused-ring (bicyclic) bond motifs is 2. The number of amides is 1. The molecule has 2 fully saturated rings. The number of hydrogen-bond acceptors (Lipinski definition) is 4. The van der Waals surface area contributed by atoms with E-state index < -0.39 is 0 Å². The molecule has 3 heterocycles. The summed E-state index contributed by atoms with van der Waals surface area (Å²) >= 11 is 0. The number of likely N-dealkylation sites (tertiary alicyclic amines) is 1. The maximum atomic E-state index is 12.6. The van der Waals surface area contributed by atoms with Crippen LogP contribution in [0.1, 0.15) is 17.5 Å². The Morgan fingerprint density at radius 1 is 1.32 bits per heavy atom. The van der Waals surface area contributed by atoms with Crippen LogP contribution in [-0.2, 0) is 16.1 Å². The minimum absolute atomic E-state index is 0.0276. The minimum atomic E-state index is -0.0901. The fourth-order valence-electron chi connectivity index (χ4n) is 3.88. The summed E-state index contributed by atoms with van der Waals surface area (Å²) in [5, 5.41) is 2.97. The summed E-state index contributed by atoms with van der Waals surface area (Å²) in [5.74, 6) is -0.0504. The van der Waals surface area contributed by atoms with E-state index in [-0.39, 0.29) is 24.0 Å². The molecule has 3 atom stereocenters. The van der Waals surface area contributed by atoms with E-state index in [1.807, 2.05) is 12.1 Å². The van der Waals surface area contributed by atoms with Crippen LogP contribution in [0.5, 0.6) is 0 Å². The molecule has 1 aromatic heterocycles. The molecule has 1 aromatic carbocycles. The zero-order chi connectivity index (χ0) is 17.2. The van der Waals surface area contributed by atoms with Gasteiger partial charge in [-0.2, -0.15) is 0 Å². The summed E-state index contributed by atoms with van der Waals surface area (Å²) in [7, 11) is 0. The van der Waals surface area contributed by atoms with E-state index in [2.05, 4.69) is 46.4 Å². The number of aromatic nitrogens is 1. The monoisotopic (exact) mass is 337 g/mol. The summed E-state index contributed by atoms with van der Waals surface area (Å²) in [6.45, 7) is 4.72. The largest absolute Gasteiger partial charge is 0.371 e. The Hall–Kier alpha value is -2.24. The predicted octanol–water partition coefficient (Wildman–Crippen LogP) is 2.62. The van der Waals surface area contributed by atoms with Crippen LogP contribution in [0, 0.1) is 12.8 Å². The Labute approximate surface area is 148 Å². The quantitative estimate of drug-likeness (QED) is 0.932. The molecule has 2 bridgehead atoms. The van der Waals surface area contributed by atoms with Crippen molar-refractivity contribution in [1.29, 1.82) is 0 Å². The van der Waals surface area contributed by atoms with Crippen molar-refractivity contribution in [2.24, 2.45) is 5.92 Å². The van der Waals surface area contributed by atoms with Gasteiger partial charge in [-0.3, -0.25) is 14.7 Å². The van der Waals surface area contributed by atoms with Gasteiger partial charge in [0.15, 0.2) is 0 Å². The number of ether oxygens (including phenoxy) is 1. The number of carbonyl (C=O) groups excluding carboxylic acids is 1. The Balaban J connectivity index is 1.39. The van der Waals surface area contributed by atoms with E-state index in [1.54, 1.807) is 12.4 Å². The zero-order valence-electron chi connectivity index (χ0n) is 14.4. The van der Waals surface area contributed by atoms with E-state index in [4.69, 9.17) is 4.74 Å². The van der Waals surface area contributed by atoms with Crippen molar-refractivity contribution in [3.8, 4) is 0 Å². The van der Waals surface area contributed by atoms with E-state index in [0.29, 0.717) is 0 Å². The minimum Gasteiger partial charge on any atom is -0.371 e. The number of pyridine rings is 1. The molecule has 0 unspecified atom stereocenters. The van der Waals surface area contributed by atoms with E-state index in [0.717, 1.165) is 31.7 Å². The molecule has 1 N–H and O–H groups in total. The zero-order valence-corrected chi connectivity index (χ0v) is 14.4. The highest BCUT2D eigenvalue weighted by molar-refractivity contribution is 5.93. The molecule has 0 aliphatic carbocycles. The van der Waals surface area contributed by atoms with Gasteiger partial charge < -0.3 is 10.1 Å². The molecule has 2 saturated heterocycles. The molecule has 130 valence electrons. The smallest absolute Gasteiger partial charge is 0.230 e. The van der Waals surface area contributed by atoms with Crippen molar-refractivity contribution in [3.05, 3.63) is 59.9 Å². The number of morpholine rings is 1. The molecule has 0 spiro atoms. The summed E-state index contributed by atoms with van der Waals surface area (Å²) in [5.41, 5.74) is 3.34. The maximum Gasteiger partial charge on any atom is 0.230 e. The lowest BCUT2D eigenvalue weighted by atomic mass is 9.99. The first-order valence-electron chi connectivity index (χ1n) is 8.81. The molecule has 0 saturated carbocycles. The highest BCUT2D eigenvalue weighted by atomic mass is 16.5. The molecule has 25 heavy (non-hydrogen) atoms. The number of carbonyl (C=O) groups is 1. The van der Waals surface area contributed by atoms with Gasteiger partial charge in [0.1, 0.15) is 0 Å². The summed E-state index contributed by atoms with van der Waals surface area (Å²) in [6.07, 6.45) is 4.28. The first-order valence-corrected chi connectivity index (χ1v) is 8.81. The van der Waals surface area contributed by atoms with Gasteiger partial charge in [-0.25, -0.2) is 0 Å². The average molecular weight is 337 g/mol. The number of rotatable bonds is 4. The second-order valence-corrected chi connectivity index (χ2v) is 7.05. The van der Waals surface area contributed by atoms with Gasteiger partial charge in [-0.05, 0) is 31.0 Å². The molecular weight excluding hydrogens is 314 g/mol. The van der Waals surface area contributed by atoms with Crippen molar-refractivity contribution < 1.29 is 9.53 Å². The summed E-state index contributed by atoms with van der Waals surface area (Å²) < 4.78 is 6.04. The lowest BCUT2D eigenvalue weighted by molar-refractivity contribution is -0.123. The Morgan fingerprint density at radius 2 is 2.24 bits per heavy atom. The summed E-state index contributed by atoms with van der Waals surface area (Å²) in [4.78, 5) is 19.1. The number of hydrogen-bond donors (Lipinski definition) is 1. The van der Waals surface area contributed by atoms with Gasteiger partial charge in [0.2, 0.25) is 5.91 Å². The number of aryl methyl sites for hydroxylation is 1. The van der Waals surface area contributed by atoms with E-state index in [9.17, 15) is 4.79 Å². The highest BCUT2D eigenvalue weighted by Gasteiger charge is 2.44. The topological polar surface area (TPSA) is 54.5 Å². The Bertz CT molecular complexity index is 750. The third-order valence-corrected chi connectivity index (χ3v) is 4.99. The highest BCUT2D eigenvalue weighted by Crippen LogP contribution is 2.33. The summed E-state index contributed by atoms with van der Waals surface area (Å²) in [6, 6.07) is 12.3. The average Bonchev–Trinajstić information content (AvgIpc) is 2.90. The SMILES string of the molecule is Cc1cccc(CN2C[C@H]3C[C@H](C(=O)Nc4cccnc4)[C@@H](C2)O3)c1. The standard InChI is InChI=1S/C20H23N3O2/c1-14-4-2-5-15(8-14)11-23-12-17-9-18(19(13-23)25-17)20(24)22-16-6-3-7-21-10-16/h2-8,10,17-19H,9,11-13H2,1H3,(H,22,24)/t17-,18+,19-/m1/s1. The molecule has 0 radical (unpaired) electrons. The van der Waals surface area contributed by atoms with Crippen LogP contribution in [0.3, 0.4) is 0 Å². The van der Waals surface area contributed by atoms with Gasteiger partial charge in [0.05, 0.1) is 30.0 Å². The molecule has 2 aromatic rings. The Morgan fingerprint density at radius 3 is 3.04 bits per heavy atom. The third-order valence-electron chi connectivity index (χ3n) is 4.99. The lowest BCUT2D eigenvalue weighted by Crippen LogP contribution is -2.44. The molecule has 1 amide bonds. The predicted molar refractivity (Wildman–Crippen MR) is 96.1 cm³/mol. The normalized spacial score (nSPS) is 25.7. The van der Waals surface area contributed by atoms with Crippen molar-refractivity contribution in [2.75, 3.05) is 18.4 Å². The number of anilines is 1. The second kappa shape index (κ2) is 6.94. The molecule has 2 aliphatic heterocycles.